The highest BCUT2D eigenvalue weighted by Gasteiger charge is 2.12. The van der Waals surface area contributed by atoms with E-state index in [1.165, 1.54) is 0 Å². The van der Waals surface area contributed by atoms with Crippen molar-refractivity contribution in [2.75, 3.05) is 6.61 Å². The average molecular weight is 121 g/mol. The van der Waals surface area contributed by atoms with Gasteiger partial charge in [0, 0.05) is 0 Å². The molecule has 0 unspecified atom stereocenters. The largest absolute Gasteiger partial charge is 0.394 e. The van der Waals surface area contributed by atoms with Gasteiger partial charge in [-0.2, -0.15) is 0 Å². The maximum atomic E-state index is 9.58. The van der Waals surface area contributed by atoms with Crippen molar-refractivity contribution >= 4 is 6.29 Å². The van der Waals surface area contributed by atoms with Gasteiger partial charge in [-0.05, 0) is 0 Å². The molecule has 0 amide bonds. The predicted molar refractivity (Wildman–Crippen MR) is 25.2 cm³/mol. The van der Waals surface area contributed by atoms with Crippen LogP contribution in [-0.2, 0) is 4.79 Å². The first-order valence-corrected chi connectivity index (χ1v) is 2.14. The van der Waals surface area contributed by atoms with Crippen LogP contribution in [0, 0.1) is 0 Å². The van der Waals surface area contributed by atoms with Crippen LogP contribution in [0.15, 0.2) is 0 Å². The molecule has 8 heavy (non-hydrogen) atoms. The summed E-state index contributed by atoms with van der Waals surface area (Å²) in [6.07, 6.45) is -2.63. The van der Waals surface area contributed by atoms with Gasteiger partial charge in [-0.15, -0.1) is 0 Å². The van der Waals surface area contributed by atoms with Crippen LogP contribution < -0.4 is 0 Å². The number of carbonyl (C=O) groups is 1. The van der Waals surface area contributed by atoms with Crippen molar-refractivity contribution in [3.63, 3.8) is 0 Å². The zero-order chi connectivity index (χ0) is 6.57. The molecular formula is C4H8O4. The van der Waals surface area contributed by atoms with Crippen LogP contribution in [0.1, 0.15) is 0 Å². The Balaban J connectivity index is 3.44. The van der Waals surface area contributed by atoms with Gasteiger partial charge in [-0.25, -0.2) is 0 Å². The van der Waals surface area contributed by atoms with Gasteiger partial charge in [-0.3, -0.25) is 0 Å². The molecule has 0 heterocycles. The van der Waals surface area contributed by atoms with E-state index < -0.39 is 18.8 Å². The lowest BCUT2D eigenvalue weighted by molar-refractivity contribution is -0.121. The maximum Gasteiger partial charge on any atom is 0.151 e. The Morgan fingerprint density at radius 3 is 2.12 bits per heavy atom. The molecule has 4 heteroatoms. The van der Waals surface area contributed by atoms with Gasteiger partial charge in [0.25, 0.3) is 0 Å². The molecule has 0 aliphatic carbocycles. The van der Waals surface area contributed by atoms with E-state index in [1.807, 2.05) is 0 Å². The van der Waals surface area contributed by atoms with Gasteiger partial charge in [0.2, 0.25) is 0 Å². The summed E-state index contributed by atoms with van der Waals surface area (Å²) in [4.78, 5) is 9.58. The Hall–Kier alpha value is -0.450. The lowest BCUT2D eigenvalue weighted by Crippen LogP contribution is -2.30. The van der Waals surface area contributed by atoms with Crippen molar-refractivity contribution in [3.05, 3.63) is 0 Å². The molecule has 0 aliphatic rings. The van der Waals surface area contributed by atoms with Crippen LogP contribution in [0.25, 0.3) is 0 Å². The lowest BCUT2D eigenvalue weighted by atomic mass is 10.3. The van der Waals surface area contributed by atoms with Gasteiger partial charge in [0.1, 0.15) is 12.2 Å². The van der Waals surface area contributed by atoms with Crippen molar-refractivity contribution in [2.45, 2.75) is 12.2 Å². The van der Waals surface area contributed by atoms with Crippen LogP contribution in [0.5, 0.6) is 0 Å². The molecule has 0 aromatic heterocycles. The zero-order valence-electron chi connectivity index (χ0n) is 4.19. The van der Waals surface area contributed by atoms with E-state index in [0.29, 0.717) is 0 Å². The number of rotatable bonds is 3. The predicted octanol–water partition coefficient (Wildman–Crippen LogP) is -2.10. The molecule has 0 aliphatic heterocycles. The molecule has 3 N–H and O–H groups in total. The summed E-state index contributed by atoms with van der Waals surface area (Å²) in [6, 6.07) is 0. The molecule has 0 aromatic carbocycles. The molecule has 2 atom stereocenters. The monoisotopic (exact) mass is 121 g/mol. The number of hydrogen-bond acceptors (Lipinski definition) is 4. The second-order valence-corrected chi connectivity index (χ2v) is 1.38. The molecule has 0 bridgehead atoms. The fourth-order valence-electron chi connectivity index (χ4n) is 0.199. The van der Waals surface area contributed by atoms with Crippen molar-refractivity contribution in [1.29, 1.82) is 0 Å². The van der Waals surface area contributed by atoms with E-state index in [9.17, 15) is 4.79 Å². The zero-order valence-corrected chi connectivity index (χ0v) is 4.19. The summed E-state index contributed by atoms with van der Waals surface area (Å²) < 4.78 is 0. The van der Waals surface area contributed by atoms with Gasteiger partial charge in [0.15, 0.2) is 6.29 Å². The topological polar surface area (TPSA) is 77.8 Å². The summed E-state index contributed by atoms with van der Waals surface area (Å²) in [5.41, 5.74) is 0. The quantitative estimate of drug-likeness (QED) is 0.295. The molecular weight excluding hydrogens is 113 g/mol. The second kappa shape index (κ2) is 3.54. The Labute approximate surface area is 46.4 Å². The van der Waals surface area contributed by atoms with Crippen LogP contribution in [0.2, 0.25) is 0 Å². The smallest absolute Gasteiger partial charge is 0.151 e. The summed E-state index contributed by atoms with van der Waals surface area (Å²) in [7, 11) is 0. The highest BCUT2D eigenvalue weighted by atomic mass is 16.4. The summed E-state index contributed by atoms with van der Waals surface area (Å²) in [5.74, 6) is 0. The molecule has 0 saturated carbocycles. The van der Waals surface area contributed by atoms with E-state index >= 15 is 0 Å². The standard InChI is InChI=1S/C4H8O4/c5-1-3(7)4(8)2-6/h1,3-4,6-8H,2H2/t3-,4+/m0/s1/i2+1. The minimum absolute atomic E-state index is 0.168. The number of aldehydes is 1. The lowest BCUT2D eigenvalue weighted by Gasteiger charge is -2.06. The van der Waals surface area contributed by atoms with E-state index in [4.69, 9.17) is 15.3 Å². The van der Waals surface area contributed by atoms with Crippen molar-refractivity contribution < 1.29 is 20.1 Å². The van der Waals surface area contributed by atoms with Gasteiger partial charge in [-0.1, -0.05) is 0 Å². The first kappa shape index (κ1) is 7.55. The van der Waals surface area contributed by atoms with Crippen LogP contribution in [0.4, 0.5) is 0 Å². The number of aliphatic hydroxyl groups excluding tert-OH is 3. The number of carbonyl (C=O) groups excluding carboxylic acids is 1. The first-order valence-electron chi connectivity index (χ1n) is 2.14. The molecule has 0 spiro atoms. The normalized spacial score (nSPS) is 17.4. The summed E-state index contributed by atoms with van der Waals surface area (Å²) in [6.45, 7) is -0.597. The SMILES string of the molecule is O=C[C@H](O)[C@H](O)[13CH2]O. The molecule has 4 nitrogen and oxygen atoms in total. The van der Waals surface area contributed by atoms with Crippen LogP contribution in [0.3, 0.4) is 0 Å². The van der Waals surface area contributed by atoms with Crippen molar-refractivity contribution in [3.8, 4) is 0 Å². The third-order valence-corrected chi connectivity index (χ3v) is 0.721. The number of hydrogen-bond donors (Lipinski definition) is 3. The van der Waals surface area contributed by atoms with E-state index in [0.717, 1.165) is 0 Å². The number of aliphatic hydroxyl groups is 3. The average Bonchev–Trinajstić information content (AvgIpc) is 1.84. The van der Waals surface area contributed by atoms with Crippen molar-refractivity contribution in [1.82, 2.24) is 0 Å². The van der Waals surface area contributed by atoms with E-state index in [2.05, 4.69) is 0 Å². The third-order valence-electron chi connectivity index (χ3n) is 0.721. The van der Waals surface area contributed by atoms with Gasteiger partial charge >= 0.3 is 0 Å². The Kier molecular flexibility index (Phi) is 3.34. The van der Waals surface area contributed by atoms with Gasteiger partial charge in [0.05, 0.1) is 6.61 Å². The van der Waals surface area contributed by atoms with Crippen LogP contribution >= 0.6 is 0 Å². The Morgan fingerprint density at radius 2 is 2.00 bits per heavy atom. The van der Waals surface area contributed by atoms with E-state index in [1.54, 1.807) is 0 Å². The minimum Gasteiger partial charge on any atom is -0.394 e. The second-order valence-electron chi connectivity index (χ2n) is 1.38. The Morgan fingerprint density at radius 1 is 1.50 bits per heavy atom. The van der Waals surface area contributed by atoms with Crippen molar-refractivity contribution in [2.24, 2.45) is 0 Å². The molecule has 0 rings (SSSR count). The highest BCUT2D eigenvalue weighted by Crippen LogP contribution is 1.85. The maximum absolute atomic E-state index is 9.58. The summed E-state index contributed by atoms with van der Waals surface area (Å²) in [5, 5.41) is 24.8. The Bertz CT molecular complexity index is 72.4. The third kappa shape index (κ3) is 2.02. The highest BCUT2D eigenvalue weighted by molar-refractivity contribution is 5.56. The fraction of sp³-hybridized carbons (Fsp3) is 0.750. The minimum atomic E-state index is -1.46. The van der Waals surface area contributed by atoms with Gasteiger partial charge < -0.3 is 20.1 Å². The molecule has 0 fully saturated rings. The molecule has 0 radical (unpaired) electrons. The van der Waals surface area contributed by atoms with Crippen LogP contribution in [-0.4, -0.2) is 40.4 Å². The summed E-state index contributed by atoms with van der Waals surface area (Å²) >= 11 is 0. The first-order chi connectivity index (χ1) is 3.72. The molecule has 48 valence electrons. The molecule has 0 saturated heterocycles. The molecule has 0 aromatic rings. The van der Waals surface area contributed by atoms with E-state index in [-0.39, 0.29) is 6.29 Å². The fourth-order valence-corrected chi connectivity index (χ4v) is 0.199.